The number of carbonyl (C=O) groups excluding carboxylic acids is 2. The molecule has 0 aliphatic heterocycles. The van der Waals surface area contributed by atoms with Gasteiger partial charge < -0.3 is 4.74 Å². The second-order valence-corrected chi connectivity index (χ2v) is 5.39. The van der Waals surface area contributed by atoms with E-state index in [0.717, 1.165) is 19.3 Å². The first-order valence-electron chi connectivity index (χ1n) is 8.10. The lowest BCUT2D eigenvalue weighted by Crippen LogP contribution is -2.28. The van der Waals surface area contributed by atoms with Crippen LogP contribution in [-0.4, -0.2) is 24.0 Å². The summed E-state index contributed by atoms with van der Waals surface area (Å²) < 4.78 is 4.82. The highest BCUT2D eigenvalue weighted by Crippen LogP contribution is 2.28. The Kier molecular flexibility index (Phi) is 6.49. The van der Waals surface area contributed by atoms with Gasteiger partial charge in [0.15, 0.2) is 5.82 Å². The number of pyridine rings is 1. The van der Waals surface area contributed by atoms with Gasteiger partial charge >= 0.3 is 5.97 Å². The van der Waals surface area contributed by atoms with E-state index in [1.807, 2.05) is 30.3 Å². The highest BCUT2D eigenvalue weighted by molar-refractivity contribution is 6.05. The number of para-hydroxylation sites is 1. The van der Waals surface area contributed by atoms with Crippen molar-refractivity contribution in [2.75, 3.05) is 12.0 Å². The van der Waals surface area contributed by atoms with E-state index >= 15 is 0 Å². The van der Waals surface area contributed by atoms with Crippen LogP contribution in [0.4, 0.5) is 11.5 Å². The highest BCUT2D eigenvalue weighted by atomic mass is 16.5. The van der Waals surface area contributed by atoms with Crippen LogP contribution >= 0.6 is 0 Å². The molecule has 5 heteroatoms. The van der Waals surface area contributed by atoms with Crippen molar-refractivity contribution in [1.82, 2.24) is 4.98 Å². The number of unbranched alkanes of at least 4 members (excludes halogenated alkanes) is 2. The zero-order chi connectivity index (χ0) is 17.4. The highest BCUT2D eigenvalue weighted by Gasteiger charge is 2.24. The molecule has 0 saturated carbocycles. The minimum Gasteiger partial charge on any atom is -0.465 e. The molecule has 24 heavy (non-hydrogen) atoms. The molecule has 0 N–H and O–H groups in total. The normalized spacial score (nSPS) is 10.2. The van der Waals surface area contributed by atoms with Gasteiger partial charge in [-0.25, -0.2) is 9.78 Å². The maximum absolute atomic E-state index is 12.8. The van der Waals surface area contributed by atoms with Crippen LogP contribution in [-0.2, 0) is 9.53 Å². The Balaban J connectivity index is 2.44. The van der Waals surface area contributed by atoms with Crippen molar-refractivity contribution in [2.24, 2.45) is 0 Å². The van der Waals surface area contributed by atoms with Crippen molar-refractivity contribution in [3.8, 4) is 0 Å². The Morgan fingerprint density at radius 1 is 1.08 bits per heavy atom. The number of rotatable bonds is 7. The lowest BCUT2D eigenvalue weighted by molar-refractivity contribution is -0.118. The van der Waals surface area contributed by atoms with E-state index in [1.165, 1.54) is 12.0 Å². The number of anilines is 2. The molecule has 0 aliphatic carbocycles. The average Bonchev–Trinajstić information content (AvgIpc) is 2.63. The Bertz CT molecular complexity index is 686. The van der Waals surface area contributed by atoms with Crippen LogP contribution in [0.2, 0.25) is 0 Å². The summed E-state index contributed by atoms with van der Waals surface area (Å²) in [5.41, 5.74) is 0.954. The van der Waals surface area contributed by atoms with E-state index in [2.05, 4.69) is 11.9 Å². The SMILES string of the molecule is CCCCCC(=O)N(c1ccccc1)c1ncccc1C(=O)OC. The van der Waals surface area contributed by atoms with Gasteiger partial charge in [0.2, 0.25) is 5.91 Å². The number of methoxy groups -OCH3 is 1. The van der Waals surface area contributed by atoms with E-state index in [4.69, 9.17) is 4.74 Å². The summed E-state index contributed by atoms with van der Waals surface area (Å²) >= 11 is 0. The largest absolute Gasteiger partial charge is 0.465 e. The predicted octanol–water partition coefficient (Wildman–Crippen LogP) is 4.11. The number of nitrogens with zero attached hydrogens (tertiary/aromatic N) is 2. The first kappa shape index (κ1) is 17.7. The smallest absolute Gasteiger partial charge is 0.341 e. The Morgan fingerprint density at radius 2 is 1.83 bits per heavy atom. The Labute approximate surface area is 142 Å². The molecule has 2 rings (SSSR count). The van der Waals surface area contributed by atoms with Crippen molar-refractivity contribution in [3.05, 3.63) is 54.2 Å². The monoisotopic (exact) mass is 326 g/mol. The summed E-state index contributed by atoms with van der Waals surface area (Å²) in [5, 5.41) is 0. The van der Waals surface area contributed by atoms with Crippen molar-refractivity contribution in [2.45, 2.75) is 32.6 Å². The van der Waals surface area contributed by atoms with Crippen LogP contribution in [0, 0.1) is 0 Å². The quantitative estimate of drug-likeness (QED) is 0.567. The van der Waals surface area contributed by atoms with Crippen molar-refractivity contribution in [1.29, 1.82) is 0 Å². The zero-order valence-corrected chi connectivity index (χ0v) is 14.1. The second-order valence-electron chi connectivity index (χ2n) is 5.39. The molecular formula is C19H22N2O3. The number of hydrogen-bond donors (Lipinski definition) is 0. The van der Waals surface area contributed by atoms with E-state index in [0.29, 0.717) is 17.9 Å². The number of hydrogen-bond acceptors (Lipinski definition) is 4. The molecule has 0 radical (unpaired) electrons. The standard InChI is InChI=1S/C19H22N2O3/c1-3-4-6-13-17(22)21(15-10-7-5-8-11-15)18-16(19(23)24-2)12-9-14-20-18/h5,7-12,14H,3-4,6,13H2,1-2H3. The third kappa shape index (κ3) is 4.19. The van der Waals surface area contributed by atoms with Gasteiger partial charge in [0.05, 0.1) is 12.8 Å². The molecular weight excluding hydrogens is 304 g/mol. The number of esters is 1. The predicted molar refractivity (Wildman–Crippen MR) is 93.3 cm³/mol. The fourth-order valence-corrected chi connectivity index (χ4v) is 2.44. The molecule has 1 aromatic heterocycles. The van der Waals surface area contributed by atoms with E-state index < -0.39 is 5.97 Å². The molecule has 0 spiro atoms. The van der Waals surface area contributed by atoms with Crippen LogP contribution in [0.5, 0.6) is 0 Å². The number of aromatic nitrogens is 1. The summed E-state index contributed by atoms with van der Waals surface area (Å²) in [6, 6.07) is 12.5. The summed E-state index contributed by atoms with van der Waals surface area (Å²) in [6.07, 6.45) is 4.80. The fourth-order valence-electron chi connectivity index (χ4n) is 2.44. The molecule has 1 heterocycles. The molecule has 1 amide bonds. The maximum atomic E-state index is 12.8. The number of carbonyl (C=O) groups is 2. The molecule has 0 fully saturated rings. The lowest BCUT2D eigenvalue weighted by Gasteiger charge is -2.23. The van der Waals surface area contributed by atoms with Gasteiger partial charge in [-0.15, -0.1) is 0 Å². The van der Waals surface area contributed by atoms with Gasteiger partial charge in [-0.3, -0.25) is 9.69 Å². The molecule has 0 bridgehead atoms. The molecule has 0 unspecified atom stereocenters. The van der Waals surface area contributed by atoms with E-state index in [1.54, 1.807) is 18.3 Å². The summed E-state index contributed by atoms with van der Waals surface area (Å²) in [4.78, 5) is 30.6. The van der Waals surface area contributed by atoms with Crippen molar-refractivity contribution < 1.29 is 14.3 Å². The fraction of sp³-hybridized carbons (Fsp3) is 0.316. The molecule has 0 atom stereocenters. The topological polar surface area (TPSA) is 59.5 Å². The first-order chi connectivity index (χ1) is 11.7. The minimum absolute atomic E-state index is 0.0847. The average molecular weight is 326 g/mol. The van der Waals surface area contributed by atoms with Crippen LogP contribution < -0.4 is 4.90 Å². The summed E-state index contributed by atoms with van der Waals surface area (Å²) in [7, 11) is 1.31. The van der Waals surface area contributed by atoms with E-state index in [-0.39, 0.29) is 11.5 Å². The van der Waals surface area contributed by atoms with Gasteiger partial charge in [-0.2, -0.15) is 0 Å². The molecule has 2 aromatic rings. The van der Waals surface area contributed by atoms with Gasteiger partial charge in [0, 0.05) is 12.6 Å². The summed E-state index contributed by atoms with van der Waals surface area (Å²) in [5.74, 6) is -0.295. The first-order valence-corrected chi connectivity index (χ1v) is 8.10. The van der Waals surface area contributed by atoms with E-state index in [9.17, 15) is 9.59 Å². The van der Waals surface area contributed by atoms with Crippen LogP contribution in [0.25, 0.3) is 0 Å². The minimum atomic E-state index is -0.514. The third-order valence-corrected chi connectivity index (χ3v) is 3.66. The van der Waals surface area contributed by atoms with Gasteiger partial charge in [-0.05, 0) is 30.7 Å². The van der Waals surface area contributed by atoms with Gasteiger partial charge in [-0.1, -0.05) is 38.0 Å². The number of amides is 1. The maximum Gasteiger partial charge on any atom is 0.341 e. The molecule has 0 saturated heterocycles. The number of ether oxygens (including phenoxy) is 1. The zero-order valence-electron chi connectivity index (χ0n) is 14.1. The summed E-state index contributed by atoms with van der Waals surface area (Å²) in [6.45, 7) is 2.09. The molecule has 1 aromatic carbocycles. The van der Waals surface area contributed by atoms with Crippen molar-refractivity contribution in [3.63, 3.8) is 0 Å². The Hall–Kier alpha value is -2.69. The Morgan fingerprint density at radius 3 is 2.50 bits per heavy atom. The van der Waals surface area contributed by atoms with Crippen LogP contribution in [0.15, 0.2) is 48.7 Å². The van der Waals surface area contributed by atoms with Crippen molar-refractivity contribution >= 4 is 23.4 Å². The van der Waals surface area contributed by atoms with Gasteiger partial charge in [0.1, 0.15) is 5.56 Å². The lowest BCUT2D eigenvalue weighted by atomic mass is 10.1. The van der Waals surface area contributed by atoms with Crippen LogP contribution in [0.1, 0.15) is 43.0 Å². The van der Waals surface area contributed by atoms with Crippen LogP contribution in [0.3, 0.4) is 0 Å². The third-order valence-electron chi connectivity index (χ3n) is 3.66. The molecule has 5 nitrogen and oxygen atoms in total. The van der Waals surface area contributed by atoms with Gasteiger partial charge in [0.25, 0.3) is 0 Å². The molecule has 126 valence electrons. The second kappa shape index (κ2) is 8.82. The molecule has 0 aliphatic rings. The number of benzene rings is 1.